The first-order chi connectivity index (χ1) is 11.1. The van der Waals surface area contributed by atoms with Crippen molar-refractivity contribution in [2.45, 2.75) is 38.1 Å². The van der Waals surface area contributed by atoms with Crippen molar-refractivity contribution >= 4 is 11.4 Å². The Hall–Kier alpha value is -2.70. The van der Waals surface area contributed by atoms with E-state index in [0.717, 1.165) is 25.7 Å². The fraction of sp³-hybridized carbons (Fsp3) is 0.375. The lowest BCUT2D eigenvalue weighted by Crippen LogP contribution is -2.22. The number of nitrogens with zero attached hydrogens (tertiary/aromatic N) is 2. The van der Waals surface area contributed by atoms with Gasteiger partial charge in [-0.05, 0) is 25.0 Å². The van der Waals surface area contributed by atoms with Crippen molar-refractivity contribution in [3.63, 3.8) is 0 Å². The molecule has 23 heavy (non-hydrogen) atoms. The number of nitro benzene ring substituents is 1. The molecule has 1 aliphatic carbocycles. The van der Waals surface area contributed by atoms with Crippen LogP contribution < -0.4 is 10.9 Å². The molecule has 0 saturated heterocycles. The zero-order chi connectivity index (χ0) is 16.2. The van der Waals surface area contributed by atoms with Gasteiger partial charge in [-0.25, -0.2) is 5.10 Å². The van der Waals surface area contributed by atoms with E-state index in [2.05, 4.69) is 15.5 Å². The van der Waals surface area contributed by atoms with E-state index in [1.807, 2.05) is 0 Å². The van der Waals surface area contributed by atoms with Crippen molar-refractivity contribution in [2.24, 2.45) is 0 Å². The summed E-state index contributed by atoms with van der Waals surface area (Å²) >= 11 is 0. The smallest absolute Gasteiger partial charge is 0.292 e. The van der Waals surface area contributed by atoms with Crippen LogP contribution in [0.1, 0.15) is 32.1 Å². The Kier molecular flexibility index (Phi) is 4.36. The molecule has 0 bridgehead atoms. The van der Waals surface area contributed by atoms with E-state index in [-0.39, 0.29) is 16.2 Å². The van der Waals surface area contributed by atoms with Gasteiger partial charge in [-0.15, -0.1) is 0 Å². The van der Waals surface area contributed by atoms with Crippen LogP contribution in [0.25, 0.3) is 11.3 Å². The normalized spacial score (nSPS) is 15.3. The summed E-state index contributed by atoms with van der Waals surface area (Å²) in [5.74, 6) is 0. The summed E-state index contributed by atoms with van der Waals surface area (Å²) in [6, 6.07) is 8.17. The van der Waals surface area contributed by atoms with E-state index >= 15 is 0 Å². The van der Waals surface area contributed by atoms with E-state index in [4.69, 9.17) is 0 Å². The van der Waals surface area contributed by atoms with Crippen LogP contribution in [0.15, 0.2) is 35.1 Å². The van der Waals surface area contributed by atoms with Gasteiger partial charge >= 0.3 is 0 Å². The summed E-state index contributed by atoms with van der Waals surface area (Å²) < 4.78 is 0. The minimum absolute atomic E-state index is 0.0288. The van der Waals surface area contributed by atoms with Gasteiger partial charge in [0, 0.05) is 23.7 Å². The molecule has 3 rings (SSSR count). The Bertz CT molecular complexity index is 746. The second-order valence-corrected chi connectivity index (χ2v) is 5.77. The summed E-state index contributed by atoms with van der Waals surface area (Å²) in [5, 5.41) is 20.9. The molecule has 2 N–H and O–H groups in total. The molecule has 1 fully saturated rings. The maximum atomic E-state index is 11.4. The molecule has 0 spiro atoms. The lowest BCUT2D eigenvalue weighted by atomic mass is 9.95. The van der Waals surface area contributed by atoms with Crippen LogP contribution in [0.2, 0.25) is 0 Å². The van der Waals surface area contributed by atoms with Gasteiger partial charge in [-0.2, -0.15) is 5.10 Å². The minimum atomic E-state index is -0.389. The fourth-order valence-electron chi connectivity index (χ4n) is 2.94. The predicted octanol–water partition coefficient (Wildman–Crippen LogP) is 3.09. The third kappa shape index (κ3) is 3.56. The number of hydrogen-bond acceptors (Lipinski definition) is 5. The third-order valence-corrected chi connectivity index (χ3v) is 4.13. The first kappa shape index (κ1) is 15.2. The zero-order valence-corrected chi connectivity index (χ0v) is 12.6. The van der Waals surface area contributed by atoms with Gasteiger partial charge in [0.1, 0.15) is 5.69 Å². The number of anilines is 1. The second kappa shape index (κ2) is 6.60. The van der Waals surface area contributed by atoms with Crippen LogP contribution in [0, 0.1) is 10.1 Å². The van der Waals surface area contributed by atoms with Crippen molar-refractivity contribution in [1.82, 2.24) is 10.2 Å². The molecule has 0 unspecified atom stereocenters. The van der Waals surface area contributed by atoms with E-state index in [0.29, 0.717) is 23.0 Å². The molecule has 1 aliphatic rings. The number of rotatable bonds is 4. The summed E-state index contributed by atoms with van der Waals surface area (Å²) in [7, 11) is 0. The molecule has 0 atom stereocenters. The Labute approximate surface area is 132 Å². The molecular formula is C16H18N4O3. The first-order valence-electron chi connectivity index (χ1n) is 7.74. The predicted molar refractivity (Wildman–Crippen MR) is 87.4 cm³/mol. The topological polar surface area (TPSA) is 101 Å². The lowest BCUT2D eigenvalue weighted by Gasteiger charge is -2.23. The van der Waals surface area contributed by atoms with Gasteiger partial charge < -0.3 is 5.32 Å². The monoisotopic (exact) mass is 314 g/mol. The van der Waals surface area contributed by atoms with Crippen molar-refractivity contribution in [1.29, 1.82) is 0 Å². The highest BCUT2D eigenvalue weighted by molar-refractivity contribution is 5.71. The summed E-state index contributed by atoms with van der Waals surface area (Å²) in [5.41, 5.74) is 1.36. The van der Waals surface area contributed by atoms with Crippen LogP contribution in [-0.2, 0) is 0 Å². The van der Waals surface area contributed by atoms with Crippen LogP contribution in [-0.4, -0.2) is 21.2 Å². The van der Waals surface area contributed by atoms with Crippen LogP contribution in [0.3, 0.4) is 0 Å². The van der Waals surface area contributed by atoms with E-state index < -0.39 is 0 Å². The number of aromatic amines is 1. The standard InChI is InChI=1S/C16H18N4O3/c21-16-9-8-13(18-19-16)11-6-7-14(15(10-11)20(22)23)17-12-4-2-1-3-5-12/h6-10,12,17H,1-5H2,(H,19,21). The number of benzene rings is 1. The van der Waals surface area contributed by atoms with Crippen LogP contribution in [0.5, 0.6) is 0 Å². The maximum absolute atomic E-state index is 11.4. The summed E-state index contributed by atoms with van der Waals surface area (Å²) in [6.07, 6.45) is 5.63. The van der Waals surface area contributed by atoms with Gasteiger partial charge in [0.2, 0.25) is 0 Å². The molecule has 0 amide bonds. The van der Waals surface area contributed by atoms with E-state index in [9.17, 15) is 14.9 Å². The average molecular weight is 314 g/mol. The number of nitrogens with one attached hydrogen (secondary N) is 2. The largest absolute Gasteiger partial charge is 0.377 e. The van der Waals surface area contributed by atoms with Crippen molar-refractivity contribution < 1.29 is 4.92 Å². The zero-order valence-electron chi connectivity index (χ0n) is 12.6. The molecule has 1 aromatic carbocycles. The summed E-state index contributed by atoms with van der Waals surface area (Å²) in [4.78, 5) is 22.1. The van der Waals surface area contributed by atoms with Crippen LogP contribution >= 0.6 is 0 Å². The van der Waals surface area contributed by atoms with E-state index in [1.165, 1.54) is 18.6 Å². The molecule has 1 heterocycles. The molecular weight excluding hydrogens is 296 g/mol. The fourth-order valence-corrected chi connectivity index (χ4v) is 2.94. The molecule has 120 valence electrons. The minimum Gasteiger partial charge on any atom is -0.377 e. The molecule has 1 aromatic heterocycles. The molecule has 7 nitrogen and oxygen atoms in total. The first-order valence-corrected chi connectivity index (χ1v) is 7.74. The molecule has 1 saturated carbocycles. The Morgan fingerprint density at radius 2 is 1.96 bits per heavy atom. The molecule has 0 radical (unpaired) electrons. The second-order valence-electron chi connectivity index (χ2n) is 5.77. The van der Waals surface area contributed by atoms with Gasteiger partial charge in [0.25, 0.3) is 11.2 Å². The van der Waals surface area contributed by atoms with Gasteiger partial charge in [0.05, 0.1) is 10.6 Å². The number of H-pyrrole nitrogens is 1. The highest BCUT2D eigenvalue weighted by Crippen LogP contribution is 2.31. The van der Waals surface area contributed by atoms with Crippen molar-refractivity contribution in [2.75, 3.05) is 5.32 Å². The maximum Gasteiger partial charge on any atom is 0.292 e. The van der Waals surface area contributed by atoms with Crippen molar-refractivity contribution in [3.8, 4) is 11.3 Å². The summed E-state index contributed by atoms with van der Waals surface area (Å²) in [6.45, 7) is 0. The average Bonchev–Trinajstić information content (AvgIpc) is 2.57. The van der Waals surface area contributed by atoms with Crippen molar-refractivity contribution in [3.05, 3.63) is 50.8 Å². The van der Waals surface area contributed by atoms with Gasteiger partial charge in [-0.3, -0.25) is 14.9 Å². The van der Waals surface area contributed by atoms with Crippen LogP contribution in [0.4, 0.5) is 11.4 Å². The highest BCUT2D eigenvalue weighted by Gasteiger charge is 2.20. The Morgan fingerprint density at radius 1 is 1.17 bits per heavy atom. The van der Waals surface area contributed by atoms with E-state index in [1.54, 1.807) is 18.2 Å². The van der Waals surface area contributed by atoms with Gasteiger partial charge in [-0.1, -0.05) is 25.3 Å². The molecule has 7 heteroatoms. The molecule has 2 aromatic rings. The number of aromatic nitrogens is 2. The van der Waals surface area contributed by atoms with Gasteiger partial charge in [0.15, 0.2) is 0 Å². The molecule has 0 aliphatic heterocycles. The quantitative estimate of drug-likeness (QED) is 0.667. The Balaban J connectivity index is 1.90. The number of hydrogen-bond donors (Lipinski definition) is 2. The lowest BCUT2D eigenvalue weighted by molar-refractivity contribution is -0.383. The highest BCUT2D eigenvalue weighted by atomic mass is 16.6. The third-order valence-electron chi connectivity index (χ3n) is 4.13. The Morgan fingerprint density at radius 3 is 2.61 bits per heavy atom. The SMILES string of the molecule is O=c1ccc(-c2ccc(NC3CCCCC3)c([N+](=O)[O-])c2)n[nH]1. The number of nitro groups is 1.